The summed E-state index contributed by atoms with van der Waals surface area (Å²) in [5, 5.41) is 12.2. The van der Waals surface area contributed by atoms with Gasteiger partial charge in [0.2, 0.25) is 0 Å². The number of morpholine rings is 1. The van der Waals surface area contributed by atoms with Crippen LogP contribution in [0.4, 0.5) is 5.69 Å². The lowest BCUT2D eigenvalue weighted by molar-refractivity contribution is -0.384. The Morgan fingerprint density at radius 1 is 1.14 bits per heavy atom. The van der Waals surface area contributed by atoms with Crippen LogP contribution in [0.5, 0.6) is 5.75 Å². The van der Waals surface area contributed by atoms with Crippen molar-refractivity contribution in [3.8, 4) is 5.75 Å². The molecule has 2 aromatic carbocycles. The molecule has 0 aliphatic carbocycles. The molecule has 0 aromatic heterocycles. The highest BCUT2D eigenvalue weighted by molar-refractivity contribution is 6.35. The van der Waals surface area contributed by atoms with Crippen molar-refractivity contribution in [3.63, 3.8) is 0 Å². The van der Waals surface area contributed by atoms with Gasteiger partial charge in [-0.25, -0.2) is 0 Å². The maximum Gasteiger partial charge on any atom is 0.269 e. The minimum atomic E-state index is -0.389. The van der Waals surface area contributed by atoms with Gasteiger partial charge in [-0.15, -0.1) is 0 Å². The van der Waals surface area contributed by atoms with E-state index in [0.29, 0.717) is 27.8 Å². The molecule has 0 spiro atoms. The second-order valence-electron chi connectivity index (χ2n) is 6.60. The van der Waals surface area contributed by atoms with Crippen LogP contribution >= 0.6 is 23.2 Å². The highest BCUT2D eigenvalue weighted by Crippen LogP contribution is 2.29. The maximum absolute atomic E-state index is 11.2. The third-order valence-electron chi connectivity index (χ3n) is 4.71. The molecule has 1 aliphatic heterocycles. The van der Waals surface area contributed by atoms with Crippen LogP contribution in [0.15, 0.2) is 36.4 Å². The number of hydrogen-bond acceptors (Lipinski definition) is 5. The topological polar surface area (TPSA) is 64.8 Å². The summed E-state index contributed by atoms with van der Waals surface area (Å²) in [7, 11) is 0. The van der Waals surface area contributed by atoms with Gasteiger partial charge in [-0.05, 0) is 37.6 Å². The van der Waals surface area contributed by atoms with Crippen molar-refractivity contribution in [2.45, 2.75) is 19.4 Å². The van der Waals surface area contributed by atoms with Crippen LogP contribution in [0, 0.1) is 10.1 Å². The van der Waals surface area contributed by atoms with E-state index in [0.717, 1.165) is 44.8 Å². The van der Waals surface area contributed by atoms with Gasteiger partial charge in [0.15, 0.2) is 0 Å². The Hall–Kier alpha value is -1.86. The summed E-state index contributed by atoms with van der Waals surface area (Å²) in [6.45, 7) is 4.47. The Morgan fingerprint density at radius 2 is 1.86 bits per heavy atom. The average molecular weight is 425 g/mol. The van der Waals surface area contributed by atoms with E-state index < -0.39 is 0 Å². The molecular formula is C20H22Cl2N2O4. The molecule has 8 heteroatoms. The van der Waals surface area contributed by atoms with Crippen molar-refractivity contribution in [1.82, 2.24) is 4.90 Å². The lowest BCUT2D eigenvalue weighted by Crippen LogP contribution is -2.36. The maximum atomic E-state index is 11.2. The van der Waals surface area contributed by atoms with Gasteiger partial charge in [0.05, 0.1) is 18.1 Å². The van der Waals surface area contributed by atoms with E-state index in [2.05, 4.69) is 4.90 Å². The normalized spacial score (nSPS) is 14.8. The van der Waals surface area contributed by atoms with Crippen molar-refractivity contribution in [1.29, 1.82) is 0 Å². The molecule has 1 saturated heterocycles. The third kappa shape index (κ3) is 5.58. The van der Waals surface area contributed by atoms with E-state index in [1.54, 1.807) is 30.3 Å². The number of nitro benzene ring substituents is 1. The molecule has 0 saturated carbocycles. The standard InChI is InChI=1S/C20H22Cl2N2O4/c21-18-4-1-5-19(22)17(18)14-28-20-7-6-16(24(25)26)13-15(20)3-2-8-23-9-11-27-12-10-23/h1,4-7,13H,2-3,8-12,14H2. The zero-order valence-corrected chi connectivity index (χ0v) is 16.9. The van der Waals surface area contributed by atoms with Crippen LogP contribution in [0.25, 0.3) is 0 Å². The SMILES string of the molecule is O=[N+]([O-])c1ccc(OCc2c(Cl)cccc2Cl)c(CCCN2CCOCC2)c1. The first-order valence-corrected chi connectivity index (χ1v) is 9.93. The molecule has 0 bridgehead atoms. The van der Waals surface area contributed by atoms with Crippen LogP contribution < -0.4 is 4.74 Å². The van der Waals surface area contributed by atoms with Crippen molar-refractivity contribution in [3.05, 3.63) is 67.7 Å². The predicted octanol–water partition coefficient (Wildman–Crippen LogP) is 4.75. The van der Waals surface area contributed by atoms with E-state index >= 15 is 0 Å². The summed E-state index contributed by atoms with van der Waals surface area (Å²) in [5.74, 6) is 0.614. The van der Waals surface area contributed by atoms with Crippen LogP contribution in [0.3, 0.4) is 0 Å². The number of nitro groups is 1. The number of halogens is 2. The Labute approximate surface area is 174 Å². The molecule has 0 atom stereocenters. The molecule has 6 nitrogen and oxygen atoms in total. The van der Waals surface area contributed by atoms with Crippen molar-refractivity contribution >= 4 is 28.9 Å². The molecular weight excluding hydrogens is 403 g/mol. The van der Waals surface area contributed by atoms with Gasteiger partial charge in [-0.2, -0.15) is 0 Å². The van der Waals surface area contributed by atoms with Gasteiger partial charge >= 0.3 is 0 Å². The fourth-order valence-electron chi connectivity index (χ4n) is 3.15. The zero-order valence-electron chi connectivity index (χ0n) is 15.4. The molecule has 28 heavy (non-hydrogen) atoms. The number of rotatable bonds is 8. The molecule has 3 rings (SSSR count). The minimum Gasteiger partial charge on any atom is -0.489 e. The van der Waals surface area contributed by atoms with E-state index in [4.69, 9.17) is 32.7 Å². The first-order chi connectivity index (χ1) is 13.5. The largest absolute Gasteiger partial charge is 0.489 e. The number of ether oxygens (including phenoxy) is 2. The van der Waals surface area contributed by atoms with Crippen molar-refractivity contribution in [2.24, 2.45) is 0 Å². The minimum absolute atomic E-state index is 0.0597. The smallest absolute Gasteiger partial charge is 0.269 e. The highest BCUT2D eigenvalue weighted by Gasteiger charge is 2.15. The molecule has 1 fully saturated rings. The lowest BCUT2D eigenvalue weighted by atomic mass is 10.1. The monoisotopic (exact) mass is 424 g/mol. The number of benzene rings is 2. The number of nitrogens with zero attached hydrogens (tertiary/aromatic N) is 2. The van der Waals surface area contributed by atoms with Gasteiger partial charge in [0, 0.05) is 46.4 Å². The number of non-ortho nitro benzene ring substituents is 1. The predicted molar refractivity (Wildman–Crippen MR) is 109 cm³/mol. The van der Waals surface area contributed by atoms with Crippen LogP contribution in [-0.2, 0) is 17.8 Å². The van der Waals surface area contributed by atoms with E-state index in [1.165, 1.54) is 6.07 Å². The molecule has 0 amide bonds. The van der Waals surface area contributed by atoms with Gasteiger partial charge in [0.25, 0.3) is 5.69 Å². The van der Waals surface area contributed by atoms with Gasteiger partial charge in [0.1, 0.15) is 12.4 Å². The number of hydrogen-bond donors (Lipinski definition) is 0. The fraction of sp³-hybridized carbons (Fsp3) is 0.400. The van der Waals surface area contributed by atoms with Crippen LogP contribution in [-0.4, -0.2) is 42.7 Å². The zero-order chi connectivity index (χ0) is 19.9. The first kappa shape index (κ1) is 20.9. The molecule has 1 aliphatic rings. The fourth-order valence-corrected chi connectivity index (χ4v) is 3.66. The van der Waals surface area contributed by atoms with Gasteiger partial charge in [-0.3, -0.25) is 15.0 Å². The van der Waals surface area contributed by atoms with E-state index in [1.807, 2.05) is 0 Å². The van der Waals surface area contributed by atoms with Crippen molar-refractivity contribution < 1.29 is 14.4 Å². The Bertz CT molecular complexity index is 806. The second kappa shape index (κ2) is 10.1. The lowest BCUT2D eigenvalue weighted by Gasteiger charge is -2.26. The van der Waals surface area contributed by atoms with Crippen LogP contribution in [0.1, 0.15) is 17.5 Å². The van der Waals surface area contributed by atoms with E-state index in [9.17, 15) is 10.1 Å². The third-order valence-corrected chi connectivity index (χ3v) is 5.42. The quantitative estimate of drug-likeness (QED) is 0.451. The molecule has 2 aromatic rings. The van der Waals surface area contributed by atoms with E-state index in [-0.39, 0.29) is 17.2 Å². The first-order valence-electron chi connectivity index (χ1n) is 9.17. The second-order valence-corrected chi connectivity index (χ2v) is 7.41. The Balaban J connectivity index is 1.69. The summed E-state index contributed by atoms with van der Waals surface area (Å²) in [6, 6.07) is 9.97. The van der Waals surface area contributed by atoms with Gasteiger partial charge in [-0.1, -0.05) is 29.3 Å². The Morgan fingerprint density at radius 3 is 2.54 bits per heavy atom. The van der Waals surface area contributed by atoms with Gasteiger partial charge < -0.3 is 9.47 Å². The molecule has 1 heterocycles. The highest BCUT2D eigenvalue weighted by atomic mass is 35.5. The number of aryl methyl sites for hydroxylation is 1. The molecule has 0 N–H and O–H groups in total. The molecule has 150 valence electrons. The molecule has 0 unspecified atom stereocenters. The Kier molecular flexibility index (Phi) is 7.50. The molecule has 0 radical (unpaired) electrons. The van der Waals surface area contributed by atoms with Crippen molar-refractivity contribution in [2.75, 3.05) is 32.8 Å². The summed E-state index contributed by atoms with van der Waals surface area (Å²) >= 11 is 12.4. The van der Waals surface area contributed by atoms with Crippen LogP contribution in [0.2, 0.25) is 10.0 Å². The summed E-state index contributed by atoms with van der Waals surface area (Å²) < 4.78 is 11.3. The summed E-state index contributed by atoms with van der Waals surface area (Å²) in [6.07, 6.45) is 1.56. The summed E-state index contributed by atoms with van der Waals surface area (Å²) in [5.41, 5.74) is 1.57. The summed E-state index contributed by atoms with van der Waals surface area (Å²) in [4.78, 5) is 13.1. The average Bonchev–Trinajstić information content (AvgIpc) is 2.69.